The molecule has 0 unspecified atom stereocenters. The van der Waals surface area contributed by atoms with Crippen LogP contribution in [0.25, 0.3) is 0 Å². The Balaban J connectivity index is 2.39. The van der Waals surface area contributed by atoms with Crippen LogP contribution in [0, 0.1) is 13.8 Å². The molecule has 1 aromatic carbocycles. The molecule has 2 nitrogen and oxygen atoms in total. The molecule has 2 heteroatoms. The Morgan fingerprint density at radius 1 is 1.21 bits per heavy atom. The highest BCUT2D eigenvalue weighted by atomic mass is 16.3. The van der Waals surface area contributed by atoms with Crippen molar-refractivity contribution in [2.45, 2.75) is 26.8 Å². The highest BCUT2D eigenvalue weighted by molar-refractivity contribution is 5.29. The van der Waals surface area contributed by atoms with E-state index in [0.717, 1.165) is 19.5 Å². The molecule has 14 heavy (non-hydrogen) atoms. The maximum absolute atomic E-state index is 8.60. The van der Waals surface area contributed by atoms with Gasteiger partial charge in [0.25, 0.3) is 0 Å². The monoisotopic (exact) mass is 193 g/mol. The van der Waals surface area contributed by atoms with Crippen molar-refractivity contribution in [1.29, 1.82) is 0 Å². The van der Waals surface area contributed by atoms with Crippen LogP contribution in [0.1, 0.15) is 23.1 Å². The number of aryl methyl sites for hydroxylation is 2. The van der Waals surface area contributed by atoms with Gasteiger partial charge < -0.3 is 10.4 Å². The van der Waals surface area contributed by atoms with Crippen LogP contribution in [-0.2, 0) is 6.54 Å². The molecule has 0 saturated heterocycles. The minimum atomic E-state index is 0.264. The smallest absolute Gasteiger partial charge is 0.0443 e. The second kappa shape index (κ2) is 5.78. The van der Waals surface area contributed by atoms with E-state index >= 15 is 0 Å². The first-order valence-electron chi connectivity index (χ1n) is 5.11. The number of benzene rings is 1. The van der Waals surface area contributed by atoms with Gasteiger partial charge in [0.05, 0.1) is 0 Å². The maximum Gasteiger partial charge on any atom is 0.0443 e. The number of aliphatic hydroxyl groups is 1. The molecular weight excluding hydrogens is 174 g/mol. The highest BCUT2D eigenvalue weighted by Gasteiger charge is 1.95. The lowest BCUT2D eigenvalue weighted by atomic mass is 10.1. The number of nitrogens with one attached hydrogen (secondary N) is 1. The summed E-state index contributed by atoms with van der Waals surface area (Å²) in [5.74, 6) is 0. The fourth-order valence-corrected chi connectivity index (χ4v) is 1.35. The summed E-state index contributed by atoms with van der Waals surface area (Å²) >= 11 is 0. The third kappa shape index (κ3) is 3.48. The molecule has 1 rings (SSSR count). The molecule has 0 aromatic heterocycles. The summed E-state index contributed by atoms with van der Waals surface area (Å²) in [6.07, 6.45) is 0.824. The summed E-state index contributed by atoms with van der Waals surface area (Å²) in [6.45, 7) is 6.29. The van der Waals surface area contributed by atoms with Gasteiger partial charge in [-0.2, -0.15) is 0 Å². The Bertz CT molecular complexity index is 284. The van der Waals surface area contributed by atoms with Gasteiger partial charge >= 0.3 is 0 Å². The Labute approximate surface area is 86.0 Å². The van der Waals surface area contributed by atoms with E-state index in [-0.39, 0.29) is 6.61 Å². The first-order valence-corrected chi connectivity index (χ1v) is 5.11. The van der Waals surface area contributed by atoms with Gasteiger partial charge in [-0.3, -0.25) is 0 Å². The summed E-state index contributed by atoms with van der Waals surface area (Å²) in [5.41, 5.74) is 3.99. The van der Waals surface area contributed by atoms with Crippen molar-refractivity contribution in [3.63, 3.8) is 0 Å². The van der Waals surface area contributed by atoms with E-state index in [1.165, 1.54) is 16.7 Å². The van der Waals surface area contributed by atoms with Gasteiger partial charge in [0.15, 0.2) is 0 Å². The summed E-state index contributed by atoms with van der Waals surface area (Å²) in [5, 5.41) is 11.9. The first kappa shape index (κ1) is 11.2. The predicted molar refractivity (Wildman–Crippen MR) is 59.3 cm³/mol. The average Bonchev–Trinajstić information content (AvgIpc) is 2.18. The molecule has 0 atom stereocenters. The molecule has 1 aromatic rings. The molecule has 2 N–H and O–H groups in total. The molecule has 0 amide bonds. The summed E-state index contributed by atoms with van der Waals surface area (Å²) in [7, 11) is 0. The van der Waals surface area contributed by atoms with Crippen LogP contribution in [0.2, 0.25) is 0 Å². The summed E-state index contributed by atoms with van der Waals surface area (Å²) < 4.78 is 0. The van der Waals surface area contributed by atoms with Crippen molar-refractivity contribution in [2.24, 2.45) is 0 Å². The predicted octanol–water partition coefficient (Wildman–Crippen LogP) is 1.78. The first-order chi connectivity index (χ1) is 6.74. The van der Waals surface area contributed by atoms with Crippen LogP contribution >= 0.6 is 0 Å². The fraction of sp³-hybridized carbons (Fsp3) is 0.500. The fourth-order valence-electron chi connectivity index (χ4n) is 1.35. The van der Waals surface area contributed by atoms with E-state index < -0.39 is 0 Å². The average molecular weight is 193 g/mol. The van der Waals surface area contributed by atoms with Gasteiger partial charge in [0, 0.05) is 13.2 Å². The highest BCUT2D eigenvalue weighted by Crippen LogP contribution is 2.09. The Kier molecular flexibility index (Phi) is 4.63. The zero-order chi connectivity index (χ0) is 10.4. The van der Waals surface area contributed by atoms with E-state index in [4.69, 9.17) is 5.11 Å². The molecule has 0 heterocycles. The number of hydrogen-bond donors (Lipinski definition) is 2. The largest absolute Gasteiger partial charge is 0.396 e. The Morgan fingerprint density at radius 3 is 2.64 bits per heavy atom. The van der Waals surface area contributed by atoms with Crippen LogP contribution in [0.4, 0.5) is 0 Å². The molecule has 0 spiro atoms. The standard InChI is InChI=1S/C12H19NO/c1-10-4-5-12(8-11(10)2)9-13-6-3-7-14/h4-5,8,13-14H,3,6-7,9H2,1-2H3. The summed E-state index contributed by atoms with van der Waals surface area (Å²) in [6, 6.07) is 6.51. The van der Waals surface area contributed by atoms with Crippen molar-refractivity contribution in [3.8, 4) is 0 Å². The normalized spacial score (nSPS) is 10.5. The lowest BCUT2D eigenvalue weighted by Crippen LogP contribution is -2.15. The van der Waals surface area contributed by atoms with Crippen molar-refractivity contribution in [2.75, 3.05) is 13.2 Å². The van der Waals surface area contributed by atoms with E-state index in [1.807, 2.05) is 0 Å². The van der Waals surface area contributed by atoms with Gasteiger partial charge in [-0.15, -0.1) is 0 Å². The summed E-state index contributed by atoms with van der Waals surface area (Å²) in [4.78, 5) is 0. The molecule has 0 radical (unpaired) electrons. The van der Waals surface area contributed by atoms with Crippen molar-refractivity contribution < 1.29 is 5.11 Å². The van der Waals surface area contributed by atoms with E-state index in [1.54, 1.807) is 0 Å². The lowest BCUT2D eigenvalue weighted by molar-refractivity contribution is 0.286. The molecule has 0 aliphatic heterocycles. The molecular formula is C12H19NO. The van der Waals surface area contributed by atoms with E-state index in [9.17, 15) is 0 Å². The van der Waals surface area contributed by atoms with Crippen LogP contribution in [0.5, 0.6) is 0 Å². The van der Waals surface area contributed by atoms with Gasteiger partial charge in [0.1, 0.15) is 0 Å². The van der Waals surface area contributed by atoms with Crippen LogP contribution in [0.15, 0.2) is 18.2 Å². The maximum atomic E-state index is 8.60. The van der Waals surface area contributed by atoms with Crippen molar-refractivity contribution in [1.82, 2.24) is 5.32 Å². The molecule has 0 bridgehead atoms. The topological polar surface area (TPSA) is 32.3 Å². The third-order valence-electron chi connectivity index (χ3n) is 2.41. The molecule has 0 aliphatic rings. The Hall–Kier alpha value is -0.860. The van der Waals surface area contributed by atoms with Crippen LogP contribution in [-0.4, -0.2) is 18.3 Å². The minimum absolute atomic E-state index is 0.264. The van der Waals surface area contributed by atoms with Gasteiger partial charge in [-0.1, -0.05) is 18.2 Å². The quantitative estimate of drug-likeness (QED) is 0.699. The van der Waals surface area contributed by atoms with Crippen molar-refractivity contribution >= 4 is 0 Å². The lowest BCUT2D eigenvalue weighted by Gasteiger charge is -2.06. The molecule has 0 fully saturated rings. The zero-order valence-corrected chi connectivity index (χ0v) is 9.01. The minimum Gasteiger partial charge on any atom is -0.396 e. The second-order valence-corrected chi connectivity index (χ2v) is 3.67. The second-order valence-electron chi connectivity index (χ2n) is 3.67. The van der Waals surface area contributed by atoms with Gasteiger partial charge in [-0.25, -0.2) is 0 Å². The molecule has 0 saturated carbocycles. The van der Waals surface area contributed by atoms with E-state index in [0.29, 0.717) is 0 Å². The van der Waals surface area contributed by atoms with Crippen molar-refractivity contribution in [3.05, 3.63) is 34.9 Å². The van der Waals surface area contributed by atoms with E-state index in [2.05, 4.69) is 37.4 Å². The number of rotatable bonds is 5. The molecule has 78 valence electrons. The number of hydrogen-bond acceptors (Lipinski definition) is 2. The Morgan fingerprint density at radius 2 is 2.00 bits per heavy atom. The van der Waals surface area contributed by atoms with Crippen LogP contribution < -0.4 is 5.32 Å². The molecule has 0 aliphatic carbocycles. The van der Waals surface area contributed by atoms with Gasteiger partial charge in [-0.05, 0) is 43.5 Å². The van der Waals surface area contributed by atoms with Crippen LogP contribution in [0.3, 0.4) is 0 Å². The zero-order valence-electron chi connectivity index (χ0n) is 9.01. The number of aliphatic hydroxyl groups excluding tert-OH is 1. The van der Waals surface area contributed by atoms with Gasteiger partial charge in [0.2, 0.25) is 0 Å². The SMILES string of the molecule is Cc1ccc(CNCCCO)cc1C. The third-order valence-corrected chi connectivity index (χ3v) is 2.41.